The van der Waals surface area contributed by atoms with Crippen LogP contribution in [0.4, 0.5) is 5.69 Å². The summed E-state index contributed by atoms with van der Waals surface area (Å²) >= 11 is 0. The summed E-state index contributed by atoms with van der Waals surface area (Å²) < 4.78 is 6.24. The van der Waals surface area contributed by atoms with Crippen LogP contribution >= 0.6 is 0 Å². The van der Waals surface area contributed by atoms with Gasteiger partial charge in [0.25, 0.3) is 0 Å². The van der Waals surface area contributed by atoms with E-state index in [9.17, 15) is 9.59 Å². The maximum absolute atomic E-state index is 12.4. The first kappa shape index (κ1) is 16.3. The predicted octanol–water partition coefficient (Wildman–Crippen LogP) is 5.15. The molecular formula is C24H15NO3. The van der Waals surface area contributed by atoms with Gasteiger partial charge in [0.05, 0.1) is 0 Å². The van der Waals surface area contributed by atoms with Crippen molar-refractivity contribution in [1.82, 2.24) is 0 Å². The molecule has 2 N–H and O–H groups in total. The molecule has 1 aliphatic rings. The first-order valence-electron chi connectivity index (χ1n) is 8.91. The van der Waals surface area contributed by atoms with Crippen LogP contribution in [-0.4, -0.2) is 11.6 Å². The molecule has 0 unspecified atom stereocenters. The Morgan fingerprint density at radius 2 is 1.43 bits per heavy atom. The smallest absolute Gasteiger partial charge is 0.233 e. The highest BCUT2D eigenvalue weighted by atomic mass is 16.5. The van der Waals surface area contributed by atoms with Crippen LogP contribution in [0.15, 0.2) is 72.8 Å². The topological polar surface area (TPSA) is 69.4 Å². The Hall–Kier alpha value is -3.92. The Labute approximate surface area is 160 Å². The number of anilines is 1. The number of carbonyl (C=O) groups is 2. The van der Waals surface area contributed by atoms with Crippen molar-refractivity contribution in [3.8, 4) is 11.5 Å². The lowest BCUT2D eigenvalue weighted by Crippen LogP contribution is -2.16. The van der Waals surface area contributed by atoms with E-state index >= 15 is 0 Å². The third-order valence-corrected chi connectivity index (χ3v) is 5.03. The SMILES string of the molecule is Nc1c2ccccc2c(Oc2ccccc2)c2cc3c(cc12)C=CC(=O)C3=O. The fourth-order valence-corrected chi connectivity index (χ4v) is 3.66. The number of rotatable bonds is 2. The molecule has 0 fully saturated rings. The van der Waals surface area contributed by atoms with Gasteiger partial charge in [0, 0.05) is 32.8 Å². The number of nitrogen functional groups attached to an aromatic ring is 1. The number of allylic oxidation sites excluding steroid dienone is 1. The number of ether oxygens (including phenoxy) is 1. The highest BCUT2D eigenvalue weighted by Gasteiger charge is 2.24. The molecule has 28 heavy (non-hydrogen) atoms. The van der Waals surface area contributed by atoms with Crippen molar-refractivity contribution in [2.75, 3.05) is 5.73 Å². The van der Waals surface area contributed by atoms with Crippen LogP contribution in [-0.2, 0) is 4.79 Å². The minimum atomic E-state index is -0.522. The molecule has 5 rings (SSSR count). The van der Waals surface area contributed by atoms with Gasteiger partial charge < -0.3 is 10.5 Å². The van der Waals surface area contributed by atoms with Gasteiger partial charge >= 0.3 is 0 Å². The second-order valence-corrected chi connectivity index (χ2v) is 6.72. The van der Waals surface area contributed by atoms with Gasteiger partial charge in [-0.1, -0.05) is 48.5 Å². The summed E-state index contributed by atoms with van der Waals surface area (Å²) in [6.07, 6.45) is 2.96. The van der Waals surface area contributed by atoms with E-state index in [-0.39, 0.29) is 0 Å². The number of para-hydroxylation sites is 1. The van der Waals surface area contributed by atoms with Crippen molar-refractivity contribution in [1.29, 1.82) is 0 Å². The molecular weight excluding hydrogens is 350 g/mol. The standard InChI is InChI=1S/C24H15NO3/c25-22-16-8-4-5-9-17(16)24(28-15-6-2-1-3-7-15)20-13-18-14(12-19(20)22)10-11-21(26)23(18)27/h1-13H,25H2. The van der Waals surface area contributed by atoms with E-state index in [1.807, 2.05) is 60.7 Å². The zero-order valence-corrected chi connectivity index (χ0v) is 14.8. The van der Waals surface area contributed by atoms with Crippen LogP contribution in [0.2, 0.25) is 0 Å². The summed E-state index contributed by atoms with van der Waals surface area (Å²) in [4.78, 5) is 24.3. The lowest BCUT2D eigenvalue weighted by Gasteiger charge is -2.18. The molecule has 1 aliphatic carbocycles. The minimum absolute atomic E-state index is 0.368. The molecule has 0 bridgehead atoms. The molecule has 0 atom stereocenters. The highest BCUT2D eigenvalue weighted by molar-refractivity contribution is 6.50. The molecule has 0 spiro atoms. The average molecular weight is 365 g/mol. The highest BCUT2D eigenvalue weighted by Crippen LogP contribution is 2.43. The van der Waals surface area contributed by atoms with E-state index in [4.69, 9.17) is 10.5 Å². The summed E-state index contributed by atoms with van der Waals surface area (Å²) in [5, 5.41) is 3.22. The second-order valence-electron chi connectivity index (χ2n) is 6.72. The van der Waals surface area contributed by atoms with Gasteiger partial charge in [-0.3, -0.25) is 9.59 Å². The van der Waals surface area contributed by atoms with Crippen molar-refractivity contribution in [2.45, 2.75) is 0 Å². The largest absolute Gasteiger partial charge is 0.456 e. The molecule has 134 valence electrons. The van der Waals surface area contributed by atoms with Gasteiger partial charge in [-0.15, -0.1) is 0 Å². The molecule has 4 heteroatoms. The van der Waals surface area contributed by atoms with E-state index < -0.39 is 11.6 Å². The van der Waals surface area contributed by atoms with Crippen LogP contribution in [0.1, 0.15) is 15.9 Å². The maximum atomic E-state index is 12.4. The van der Waals surface area contributed by atoms with Crippen molar-refractivity contribution in [2.24, 2.45) is 0 Å². The third-order valence-electron chi connectivity index (χ3n) is 5.03. The lowest BCUT2D eigenvalue weighted by atomic mass is 9.90. The first-order valence-corrected chi connectivity index (χ1v) is 8.91. The molecule has 4 aromatic carbocycles. The van der Waals surface area contributed by atoms with Gasteiger partial charge in [-0.25, -0.2) is 0 Å². The van der Waals surface area contributed by atoms with Crippen molar-refractivity contribution >= 4 is 44.9 Å². The average Bonchev–Trinajstić information content (AvgIpc) is 2.74. The fourth-order valence-electron chi connectivity index (χ4n) is 3.66. The van der Waals surface area contributed by atoms with Crippen molar-refractivity contribution in [3.05, 3.63) is 83.9 Å². The van der Waals surface area contributed by atoms with E-state index in [1.54, 1.807) is 12.1 Å². The lowest BCUT2D eigenvalue weighted by molar-refractivity contribution is -0.110. The zero-order valence-electron chi connectivity index (χ0n) is 14.8. The maximum Gasteiger partial charge on any atom is 0.233 e. The molecule has 0 radical (unpaired) electrons. The molecule has 0 aliphatic heterocycles. The van der Waals surface area contributed by atoms with Gasteiger partial charge in [0.15, 0.2) is 0 Å². The number of carbonyl (C=O) groups excluding carboxylic acids is 2. The third kappa shape index (κ3) is 2.39. The van der Waals surface area contributed by atoms with E-state index in [2.05, 4.69) is 0 Å². The number of benzene rings is 4. The predicted molar refractivity (Wildman–Crippen MR) is 111 cm³/mol. The van der Waals surface area contributed by atoms with Crippen LogP contribution in [0.5, 0.6) is 11.5 Å². The molecule has 0 heterocycles. The normalized spacial score (nSPS) is 13.1. The summed E-state index contributed by atoms with van der Waals surface area (Å²) in [7, 11) is 0. The first-order chi connectivity index (χ1) is 13.6. The number of fused-ring (bicyclic) bond motifs is 3. The minimum Gasteiger partial charge on any atom is -0.456 e. The van der Waals surface area contributed by atoms with Crippen LogP contribution in [0, 0.1) is 0 Å². The van der Waals surface area contributed by atoms with Crippen LogP contribution in [0.3, 0.4) is 0 Å². The molecule has 4 nitrogen and oxygen atoms in total. The Morgan fingerprint density at radius 3 is 2.21 bits per heavy atom. The number of hydrogen-bond acceptors (Lipinski definition) is 4. The molecule has 0 saturated heterocycles. The van der Waals surface area contributed by atoms with E-state index in [1.165, 1.54) is 6.08 Å². The van der Waals surface area contributed by atoms with Crippen LogP contribution in [0.25, 0.3) is 27.6 Å². The van der Waals surface area contributed by atoms with E-state index in [0.29, 0.717) is 33.7 Å². The number of ketones is 2. The zero-order chi connectivity index (χ0) is 19.3. The Balaban J connectivity index is 1.89. The monoisotopic (exact) mass is 365 g/mol. The summed E-state index contributed by atoms with van der Waals surface area (Å²) in [6.45, 7) is 0. The quantitative estimate of drug-likeness (QED) is 0.303. The summed E-state index contributed by atoms with van der Waals surface area (Å²) in [5.74, 6) is 0.255. The summed E-state index contributed by atoms with van der Waals surface area (Å²) in [5.41, 5.74) is 8.15. The number of Topliss-reactive ketones (excluding diaryl/α,β-unsaturated/α-hetero) is 1. The van der Waals surface area contributed by atoms with Crippen molar-refractivity contribution in [3.63, 3.8) is 0 Å². The Morgan fingerprint density at radius 1 is 0.714 bits per heavy atom. The van der Waals surface area contributed by atoms with Crippen molar-refractivity contribution < 1.29 is 14.3 Å². The molecule has 0 aromatic heterocycles. The van der Waals surface area contributed by atoms with Gasteiger partial charge in [0.2, 0.25) is 11.6 Å². The number of hydrogen-bond donors (Lipinski definition) is 1. The Kier molecular flexibility index (Phi) is 3.52. The fraction of sp³-hybridized carbons (Fsp3) is 0. The van der Waals surface area contributed by atoms with E-state index in [0.717, 1.165) is 16.2 Å². The molecule has 0 amide bonds. The summed E-state index contributed by atoms with van der Waals surface area (Å²) in [6, 6.07) is 20.7. The van der Waals surface area contributed by atoms with Gasteiger partial charge in [-0.2, -0.15) is 0 Å². The van der Waals surface area contributed by atoms with Crippen LogP contribution < -0.4 is 10.5 Å². The van der Waals surface area contributed by atoms with Gasteiger partial charge in [0.1, 0.15) is 11.5 Å². The van der Waals surface area contributed by atoms with Gasteiger partial charge in [-0.05, 0) is 35.9 Å². The Bertz CT molecular complexity index is 1320. The number of nitrogens with two attached hydrogens (primary N) is 1. The second kappa shape index (κ2) is 6.06. The molecule has 0 saturated carbocycles. The molecule has 4 aromatic rings.